The maximum Gasteiger partial charge on any atom is 0.410 e. The topological polar surface area (TPSA) is 83.2 Å². The molecule has 1 aliphatic carbocycles. The number of carbonyl (C=O) groups is 1. The van der Waals surface area contributed by atoms with E-state index >= 15 is 0 Å². The van der Waals surface area contributed by atoms with E-state index in [4.69, 9.17) is 10.5 Å². The van der Waals surface area contributed by atoms with Crippen molar-refractivity contribution in [2.75, 3.05) is 39.3 Å². The third kappa shape index (κ3) is 7.81. The van der Waals surface area contributed by atoms with Gasteiger partial charge in [0.25, 0.3) is 0 Å². The molecule has 1 saturated heterocycles. The summed E-state index contributed by atoms with van der Waals surface area (Å²) in [6, 6.07) is 0.508. The fourth-order valence-electron chi connectivity index (χ4n) is 3.48. The number of nitrogens with two attached hydrogens (primary N) is 1. The van der Waals surface area contributed by atoms with Gasteiger partial charge in [-0.2, -0.15) is 0 Å². The van der Waals surface area contributed by atoms with E-state index in [0.29, 0.717) is 12.0 Å². The van der Waals surface area contributed by atoms with Crippen molar-refractivity contribution in [1.82, 2.24) is 15.1 Å². The Morgan fingerprint density at radius 1 is 1.15 bits per heavy atom. The first-order valence-electron chi connectivity index (χ1n) is 10.1. The molecule has 1 amide bonds. The molecule has 0 atom stereocenters. The molecule has 0 radical (unpaired) electrons. The van der Waals surface area contributed by atoms with Crippen LogP contribution in [0.5, 0.6) is 0 Å². The van der Waals surface area contributed by atoms with E-state index in [9.17, 15) is 4.79 Å². The van der Waals surface area contributed by atoms with Crippen molar-refractivity contribution in [2.24, 2.45) is 10.7 Å². The van der Waals surface area contributed by atoms with Gasteiger partial charge in [0.2, 0.25) is 0 Å². The summed E-state index contributed by atoms with van der Waals surface area (Å²) in [6.45, 7) is 10.7. The third-order valence-electron chi connectivity index (χ3n) is 4.90. The molecule has 2 aliphatic rings. The Hall–Kier alpha value is -1.50. The Kier molecular flexibility index (Phi) is 8.00. The van der Waals surface area contributed by atoms with Crippen LogP contribution in [0.4, 0.5) is 4.79 Å². The summed E-state index contributed by atoms with van der Waals surface area (Å²) in [5, 5.41) is 3.35. The fraction of sp³-hybridized carbons (Fsp3) is 0.895. The van der Waals surface area contributed by atoms with Crippen molar-refractivity contribution in [2.45, 2.75) is 70.9 Å². The van der Waals surface area contributed by atoms with Gasteiger partial charge in [0.1, 0.15) is 5.60 Å². The standard InChI is InChI=1S/C19H37N5O2/c1-19(2,3)26-18(25)24-14-12-23(13-15-24)11-7-10-21-17(20)22-16-8-5-4-6-9-16/h16H,4-15H2,1-3H3,(H3,20,21,22). The Morgan fingerprint density at radius 3 is 2.42 bits per heavy atom. The summed E-state index contributed by atoms with van der Waals surface area (Å²) in [5.74, 6) is 0.589. The van der Waals surface area contributed by atoms with Crippen molar-refractivity contribution >= 4 is 12.1 Å². The number of hydrogen-bond donors (Lipinski definition) is 2. The van der Waals surface area contributed by atoms with Crippen LogP contribution in [-0.2, 0) is 4.74 Å². The quantitative estimate of drug-likeness (QED) is 0.442. The molecule has 0 spiro atoms. The van der Waals surface area contributed by atoms with Crippen molar-refractivity contribution in [3.63, 3.8) is 0 Å². The van der Waals surface area contributed by atoms with Gasteiger partial charge >= 0.3 is 6.09 Å². The largest absolute Gasteiger partial charge is 0.444 e. The minimum absolute atomic E-state index is 0.205. The monoisotopic (exact) mass is 367 g/mol. The van der Waals surface area contributed by atoms with Gasteiger partial charge in [0.05, 0.1) is 0 Å². The van der Waals surface area contributed by atoms with Crippen LogP contribution in [0.1, 0.15) is 59.3 Å². The average molecular weight is 368 g/mol. The van der Waals surface area contributed by atoms with Crippen LogP contribution in [0.3, 0.4) is 0 Å². The SMILES string of the molecule is CC(C)(C)OC(=O)N1CCN(CCCN=C(N)NC2CCCCC2)CC1. The normalized spacial score (nSPS) is 20.9. The molecule has 0 aromatic carbocycles. The lowest BCUT2D eigenvalue weighted by atomic mass is 9.96. The fourth-order valence-corrected chi connectivity index (χ4v) is 3.48. The maximum absolute atomic E-state index is 12.1. The zero-order valence-electron chi connectivity index (χ0n) is 16.8. The number of nitrogens with one attached hydrogen (secondary N) is 1. The van der Waals surface area contributed by atoms with Crippen molar-refractivity contribution in [1.29, 1.82) is 0 Å². The second-order valence-corrected chi connectivity index (χ2v) is 8.41. The Labute approximate surface area is 158 Å². The highest BCUT2D eigenvalue weighted by molar-refractivity contribution is 5.78. The number of amides is 1. The predicted octanol–water partition coefficient (Wildman–Crippen LogP) is 2.17. The van der Waals surface area contributed by atoms with Gasteiger partial charge in [0.15, 0.2) is 5.96 Å². The molecule has 26 heavy (non-hydrogen) atoms. The maximum atomic E-state index is 12.1. The lowest BCUT2D eigenvalue weighted by Gasteiger charge is -2.35. The van der Waals surface area contributed by atoms with Gasteiger partial charge in [-0.3, -0.25) is 9.89 Å². The highest BCUT2D eigenvalue weighted by Crippen LogP contribution is 2.17. The molecule has 2 fully saturated rings. The summed E-state index contributed by atoms with van der Waals surface area (Å²) in [6.07, 6.45) is 7.12. The number of carbonyl (C=O) groups excluding carboxylic acids is 1. The summed E-state index contributed by atoms with van der Waals surface area (Å²) in [5.41, 5.74) is 5.56. The molecular weight excluding hydrogens is 330 g/mol. The molecule has 3 N–H and O–H groups in total. The molecule has 1 aliphatic heterocycles. The number of piperazine rings is 1. The summed E-state index contributed by atoms with van der Waals surface area (Å²) in [4.78, 5) is 20.7. The zero-order chi connectivity index (χ0) is 19.0. The number of ether oxygens (including phenoxy) is 1. The molecule has 2 rings (SSSR count). The Bertz CT molecular complexity index is 461. The van der Waals surface area contributed by atoms with Gasteiger partial charge in [-0.1, -0.05) is 19.3 Å². The number of hydrogen-bond acceptors (Lipinski definition) is 4. The minimum atomic E-state index is -0.433. The average Bonchev–Trinajstić information content (AvgIpc) is 2.58. The smallest absolute Gasteiger partial charge is 0.410 e. The Morgan fingerprint density at radius 2 is 1.81 bits per heavy atom. The lowest BCUT2D eigenvalue weighted by Crippen LogP contribution is -2.50. The molecule has 0 aromatic heterocycles. The second kappa shape index (κ2) is 10.00. The lowest BCUT2D eigenvalue weighted by molar-refractivity contribution is 0.0145. The third-order valence-corrected chi connectivity index (χ3v) is 4.90. The van der Waals surface area contributed by atoms with Crippen LogP contribution in [-0.4, -0.2) is 72.8 Å². The van der Waals surface area contributed by atoms with E-state index in [-0.39, 0.29) is 6.09 Å². The number of rotatable bonds is 5. The predicted molar refractivity (Wildman–Crippen MR) is 105 cm³/mol. The first kappa shape index (κ1) is 20.8. The molecule has 150 valence electrons. The highest BCUT2D eigenvalue weighted by Gasteiger charge is 2.25. The molecule has 7 heteroatoms. The number of aliphatic imine (C=N–C) groups is 1. The van der Waals surface area contributed by atoms with Crippen LogP contribution in [0.2, 0.25) is 0 Å². The molecular formula is C19H37N5O2. The van der Waals surface area contributed by atoms with Gasteiger partial charge < -0.3 is 20.7 Å². The molecule has 1 heterocycles. The minimum Gasteiger partial charge on any atom is -0.444 e. The second-order valence-electron chi connectivity index (χ2n) is 8.41. The number of guanidine groups is 1. The van der Waals surface area contributed by atoms with Crippen LogP contribution in [0, 0.1) is 0 Å². The van der Waals surface area contributed by atoms with Crippen LogP contribution < -0.4 is 11.1 Å². The first-order valence-corrected chi connectivity index (χ1v) is 10.1. The van der Waals surface area contributed by atoms with E-state index < -0.39 is 5.60 Å². The van der Waals surface area contributed by atoms with E-state index in [1.165, 1.54) is 32.1 Å². The summed E-state index contributed by atoms with van der Waals surface area (Å²) < 4.78 is 5.43. The summed E-state index contributed by atoms with van der Waals surface area (Å²) >= 11 is 0. The number of nitrogens with zero attached hydrogens (tertiary/aromatic N) is 3. The van der Waals surface area contributed by atoms with Gasteiger partial charge in [-0.25, -0.2) is 4.79 Å². The molecule has 1 saturated carbocycles. The molecule has 0 bridgehead atoms. The van der Waals surface area contributed by atoms with Crippen molar-refractivity contribution in [3.8, 4) is 0 Å². The highest BCUT2D eigenvalue weighted by atomic mass is 16.6. The van der Waals surface area contributed by atoms with E-state index in [2.05, 4.69) is 15.2 Å². The van der Waals surface area contributed by atoms with Crippen molar-refractivity contribution in [3.05, 3.63) is 0 Å². The van der Waals surface area contributed by atoms with Crippen LogP contribution in [0.25, 0.3) is 0 Å². The van der Waals surface area contributed by atoms with Crippen LogP contribution >= 0.6 is 0 Å². The van der Waals surface area contributed by atoms with Gasteiger partial charge in [-0.15, -0.1) is 0 Å². The first-order chi connectivity index (χ1) is 12.3. The molecule has 7 nitrogen and oxygen atoms in total. The van der Waals surface area contributed by atoms with Crippen molar-refractivity contribution < 1.29 is 9.53 Å². The van der Waals surface area contributed by atoms with Gasteiger partial charge in [0, 0.05) is 45.3 Å². The molecule has 0 unspecified atom stereocenters. The van der Waals surface area contributed by atoms with E-state index in [1.807, 2.05) is 20.8 Å². The zero-order valence-corrected chi connectivity index (χ0v) is 16.8. The van der Waals surface area contributed by atoms with Gasteiger partial charge in [-0.05, 0) is 40.0 Å². The van der Waals surface area contributed by atoms with Crippen LogP contribution in [0.15, 0.2) is 4.99 Å². The van der Waals surface area contributed by atoms with E-state index in [1.54, 1.807) is 4.90 Å². The summed E-state index contributed by atoms with van der Waals surface area (Å²) in [7, 11) is 0. The van der Waals surface area contributed by atoms with E-state index in [0.717, 1.165) is 45.7 Å². The molecule has 0 aromatic rings. The Balaban J connectivity index is 1.58.